The predicted molar refractivity (Wildman–Crippen MR) is 146 cm³/mol. The lowest BCUT2D eigenvalue weighted by molar-refractivity contribution is -0.117. The molecule has 0 bridgehead atoms. The second-order valence-electron chi connectivity index (χ2n) is 8.54. The highest BCUT2D eigenvalue weighted by Gasteiger charge is 2.46. The average Bonchev–Trinajstić information content (AvgIpc) is 3.69. The van der Waals surface area contributed by atoms with Crippen LogP contribution < -0.4 is 9.64 Å². The van der Waals surface area contributed by atoms with Gasteiger partial charge in [-0.1, -0.05) is 78.9 Å². The Morgan fingerprint density at radius 3 is 2.61 bits per heavy atom. The van der Waals surface area contributed by atoms with Gasteiger partial charge in [-0.2, -0.15) is 0 Å². The third kappa shape index (κ3) is 5.36. The lowest BCUT2D eigenvalue weighted by atomic mass is 9.95. The van der Waals surface area contributed by atoms with Crippen molar-refractivity contribution in [2.75, 3.05) is 11.5 Å². The number of nitrogens with zero attached hydrogens (tertiary/aromatic N) is 3. The second kappa shape index (κ2) is 11.7. The Labute approximate surface area is 228 Å². The number of anilines is 1. The molecule has 1 atom stereocenters. The molecule has 0 spiro atoms. The van der Waals surface area contributed by atoms with E-state index in [1.807, 2.05) is 30.3 Å². The van der Waals surface area contributed by atoms with Gasteiger partial charge < -0.3 is 14.3 Å². The van der Waals surface area contributed by atoms with E-state index in [1.54, 1.807) is 30.3 Å². The Hall–Kier alpha value is -3.89. The summed E-state index contributed by atoms with van der Waals surface area (Å²) in [5.41, 5.74) is 1.68. The van der Waals surface area contributed by atoms with E-state index in [-0.39, 0.29) is 16.5 Å². The van der Waals surface area contributed by atoms with E-state index in [0.29, 0.717) is 28.0 Å². The Bertz CT molecular complexity index is 1430. The van der Waals surface area contributed by atoms with Gasteiger partial charge in [-0.3, -0.25) is 14.5 Å². The number of Topliss-reactive ketones (excluding diaryl/α,β-unsaturated/α-hetero) is 1. The molecule has 0 saturated carbocycles. The van der Waals surface area contributed by atoms with Crippen molar-refractivity contribution < 1.29 is 23.8 Å². The molecule has 0 saturated heterocycles. The molecular formula is C28H25N3O5S2. The number of carbonyl (C=O) groups is 2. The van der Waals surface area contributed by atoms with Crippen LogP contribution in [-0.2, 0) is 10.5 Å². The van der Waals surface area contributed by atoms with Crippen molar-refractivity contribution >= 4 is 39.9 Å². The van der Waals surface area contributed by atoms with Crippen molar-refractivity contribution in [3.63, 3.8) is 0 Å². The molecule has 2 aromatic carbocycles. The van der Waals surface area contributed by atoms with E-state index in [4.69, 9.17) is 9.15 Å². The smallest absolute Gasteiger partial charge is 0.296 e. The quantitative estimate of drug-likeness (QED) is 0.0997. The van der Waals surface area contributed by atoms with Crippen LogP contribution in [0.25, 0.3) is 0 Å². The zero-order chi connectivity index (χ0) is 26.5. The fraction of sp³-hybridized carbons (Fsp3) is 0.214. The third-order valence-electron chi connectivity index (χ3n) is 5.97. The molecule has 0 radical (unpaired) electrons. The Morgan fingerprint density at radius 2 is 1.89 bits per heavy atom. The minimum atomic E-state index is -0.912. The molecule has 1 aliphatic heterocycles. The maximum atomic E-state index is 13.4. The van der Waals surface area contributed by atoms with Gasteiger partial charge in [-0.25, -0.2) is 0 Å². The number of aliphatic hydroxyl groups excluding tert-OH is 1. The van der Waals surface area contributed by atoms with Crippen molar-refractivity contribution in [3.8, 4) is 5.75 Å². The van der Waals surface area contributed by atoms with Gasteiger partial charge in [-0.15, -0.1) is 10.2 Å². The average molecular weight is 548 g/mol. The van der Waals surface area contributed by atoms with Gasteiger partial charge in [0.2, 0.25) is 10.9 Å². The van der Waals surface area contributed by atoms with Gasteiger partial charge in [0.05, 0.1) is 24.5 Å². The fourth-order valence-corrected chi connectivity index (χ4v) is 5.87. The van der Waals surface area contributed by atoms with Gasteiger partial charge in [0.15, 0.2) is 15.9 Å². The lowest BCUT2D eigenvalue weighted by Gasteiger charge is -2.24. The van der Waals surface area contributed by atoms with Crippen molar-refractivity contribution in [2.24, 2.45) is 0 Å². The maximum Gasteiger partial charge on any atom is 0.296 e. The fourth-order valence-electron chi connectivity index (χ4n) is 4.05. The number of hydrogen-bond acceptors (Lipinski definition) is 9. The molecular weight excluding hydrogens is 522 g/mol. The van der Waals surface area contributed by atoms with E-state index in [1.165, 1.54) is 40.3 Å². The van der Waals surface area contributed by atoms with Crippen LogP contribution in [-0.4, -0.2) is 33.6 Å². The summed E-state index contributed by atoms with van der Waals surface area (Å²) in [4.78, 5) is 28.0. The summed E-state index contributed by atoms with van der Waals surface area (Å²) in [6.45, 7) is 2.69. The van der Waals surface area contributed by atoms with Crippen LogP contribution >= 0.6 is 23.1 Å². The summed E-state index contributed by atoms with van der Waals surface area (Å²) in [6, 6.07) is 19.3. The molecule has 1 amide bonds. The second-order valence-corrected chi connectivity index (χ2v) is 10.7. The summed E-state index contributed by atoms with van der Waals surface area (Å²) >= 11 is 2.73. The molecule has 1 aliphatic rings. The topological polar surface area (TPSA) is 106 Å². The van der Waals surface area contributed by atoms with Crippen LogP contribution in [0.3, 0.4) is 0 Å². The predicted octanol–water partition coefficient (Wildman–Crippen LogP) is 6.39. The summed E-state index contributed by atoms with van der Waals surface area (Å²) in [5.74, 6) is -0.516. The zero-order valence-electron chi connectivity index (χ0n) is 20.6. The highest BCUT2D eigenvalue weighted by atomic mass is 32.2. The van der Waals surface area contributed by atoms with E-state index in [9.17, 15) is 14.7 Å². The van der Waals surface area contributed by atoms with Gasteiger partial charge in [0.1, 0.15) is 5.75 Å². The summed E-state index contributed by atoms with van der Waals surface area (Å²) in [7, 11) is 0. The number of thioether (sulfide) groups is 1. The zero-order valence-corrected chi connectivity index (χ0v) is 22.2. The highest BCUT2D eigenvalue weighted by Crippen LogP contribution is 2.44. The largest absolute Gasteiger partial charge is 0.503 e. The first-order valence-corrected chi connectivity index (χ1v) is 13.9. The van der Waals surface area contributed by atoms with E-state index in [0.717, 1.165) is 18.4 Å². The van der Waals surface area contributed by atoms with Crippen LogP contribution in [0.2, 0.25) is 0 Å². The number of aliphatic hydroxyl groups is 1. The summed E-state index contributed by atoms with van der Waals surface area (Å²) in [6.07, 6.45) is 3.33. The minimum Gasteiger partial charge on any atom is -0.503 e. The van der Waals surface area contributed by atoms with Gasteiger partial charge in [0, 0.05) is 5.75 Å². The Balaban J connectivity index is 1.46. The maximum absolute atomic E-state index is 13.4. The Morgan fingerprint density at radius 1 is 1.11 bits per heavy atom. The molecule has 1 unspecified atom stereocenters. The molecule has 194 valence electrons. The molecule has 0 aliphatic carbocycles. The number of amides is 1. The van der Waals surface area contributed by atoms with Crippen molar-refractivity contribution in [1.29, 1.82) is 0 Å². The molecule has 5 rings (SSSR count). The molecule has 8 nitrogen and oxygen atoms in total. The van der Waals surface area contributed by atoms with Gasteiger partial charge >= 0.3 is 0 Å². The third-order valence-corrected chi connectivity index (χ3v) is 8.09. The minimum absolute atomic E-state index is 0.0297. The molecule has 38 heavy (non-hydrogen) atoms. The van der Waals surface area contributed by atoms with Crippen LogP contribution in [0, 0.1) is 0 Å². The first-order valence-electron chi connectivity index (χ1n) is 12.1. The van der Waals surface area contributed by atoms with Gasteiger partial charge in [0.25, 0.3) is 5.91 Å². The Kier molecular flexibility index (Phi) is 7.90. The van der Waals surface area contributed by atoms with Crippen molar-refractivity contribution in [2.45, 2.75) is 35.9 Å². The number of aromatic nitrogens is 2. The number of unbranched alkanes of at least 4 members (excludes halogenated alkanes) is 1. The lowest BCUT2D eigenvalue weighted by Crippen LogP contribution is -2.31. The summed E-state index contributed by atoms with van der Waals surface area (Å²) < 4.78 is 11.7. The van der Waals surface area contributed by atoms with Gasteiger partial charge in [-0.05, 0) is 41.8 Å². The normalized spacial score (nSPS) is 15.3. The van der Waals surface area contributed by atoms with Crippen molar-refractivity contribution in [1.82, 2.24) is 10.2 Å². The summed E-state index contributed by atoms with van der Waals surface area (Å²) in [5, 5.41) is 19.7. The number of furan rings is 1. The van der Waals surface area contributed by atoms with E-state index in [2.05, 4.69) is 17.1 Å². The molecule has 10 heteroatoms. The number of carbonyl (C=O) groups excluding carboxylic acids is 2. The molecule has 2 aromatic heterocycles. The van der Waals surface area contributed by atoms with Crippen molar-refractivity contribution in [3.05, 3.63) is 101 Å². The molecule has 3 heterocycles. The highest BCUT2D eigenvalue weighted by molar-refractivity contribution is 8.00. The number of hydrogen-bond donors (Lipinski definition) is 1. The number of rotatable bonds is 11. The molecule has 4 aromatic rings. The van der Waals surface area contributed by atoms with E-state index < -0.39 is 23.5 Å². The number of benzene rings is 2. The van der Waals surface area contributed by atoms with E-state index >= 15 is 0 Å². The first-order chi connectivity index (χ1) is 18.6. The molecule has 0 fully saturated rings. The van der Waals surface area contributed by atoms with Crippen LogP contribution in [0.15, 0.2) is 93.1 Å². The first kappa shape index (κ1) is 25.7. The van der Waals surface area contributed by atoms with Crippen LogP contribution in [0.1, 0.15) is 47.5 Å². The SMILES string of the molecule is CCCCOc1ccc(C2C(C(=O)c3ccco3)=C(O)C(=O)N2c2nnc(SCc3ccccc3)s2)cc1. The standard InChI is InChI=1S/C28H25N3O5S2/c1-2-3-15-35-20-13-11-19(12-14-20)23-22(24(32)21-10-7-16-36-21)25(33)26(34)31(23)27-29-30-28(38-27)37-17-18-8-5-4-6-9-18/h4-14,16,23,33H,2-3,15,17H2,1H3. The number of ether oxygens (including phenoxy) is 1. The molecule has 1 N–H and O–H groups in total. The van der Waals surface area contributed by atoms with Crippen LogP contribution in [0.4, 0.5) is 5.13 Å². The van der Waals surface area contributed by atoms with Crippen LogP contribution in [0.5, 0.6) is 5.75 Å². The number of ketones is 1. The monoisotopic (exact) mass is 547 g/mol.